The van der Waals surface area contributed by atoms with E-state index in [-0.39, 0.29) is 5.91 Å². The quantitative estimate of drug-likeness (QED) is 0.772. The minimum atomic E-state index is -0.0183. The lowest BCUT2D eigenvalue weighted by atomic mass is 10.1. The van der Waals surface area contributed by atoms with Gasteiger partial charge in [0.25, 0.3) is 5.91 Å². The first kappa shape index (κ1) is 8.47. The maximum atomic E-state index is 11.8. The fourth-order valence-corrected chi connectivity index (χ4v) is 1.64. The zero-order chi connectivity index (χ0) is 10.3. The minimum Gasteiger partial charge on any atom is -0.349 e. The molecule has 1 aromatic heterocycles. The molecule has 1 heterocycles. The number of imidazole rings is 1. The van der Waals surface area contributed by atoms with Gasteiger partial charge in [-0.05, 0) is 25.0 Å². The van der Waals surface area contributed by atoms with E-state index in [0.717, 1.165) is 23.9 Å². The van der Waals surface area contributed by atoms with Gasteiger partial charge in [0.2, 0.25) is 0 Å². The Balaban J connectivity index is 2.01. The Bertz CT molecular complexity index is 513. The van der Waals surface area contributed by atoms with Crippen molar-refractivity contribution < 1.29 is 4.79 Å². The smallest absolute Gasteiger partial charge is 0.253 e. The number of rotatable bonds is 2. The molecule has 3 rings (SSSR count). The largest absolute Gasteiger partial charge is 0.349 e. The van der Waals surface area contributed by atoms with Gasteiger partial charge in [-0.25, -0.2) is 4.98 Å². The zero-order valence-electron chi connectivity index (χ0n) is 8.16. The van der Waals surface area contributed by atoms with Gasteiger partial charge in [-0.3, -0.25) is 4.79 Å². The zero-order valence-corrected chi connectivity index (χ0v) is 8.16. The van der Waals surface area contributed by atoms with Crippen LogP contribution in [0.15, 0.2) is 24.5 Å². The van der Waals surface area contributed by atoms with Crippen LogP contribution in [0.1, 0.15) is 23.2 Å². The summed E-state index contributed by atoms with van der Waals surface area (Å²) in [6.45, 7) is 0. The first-order valence-electron chi connectivity index (χ1n) is 5.07. The fourth-order valence-electron chi connectivity index (χ4n) is 1.64. The van der Waals surface area contributed by atoms with Gasteiger partial charge < -0.3 is 10.3 Å². The van der Waals surface area contributed by atoms with E-state index >= 15 is 0 Å². The summed E-state index contributed by atoms with van der Waals surface area (Å²) in [5.41, 5.74) is 2.30. The van der Waals surface area contributed by atoms with Crippen molar-refractivity contribution in [2.45, 2.75) is 18.9 Å². The fraction of sp³-hybridized carbons (Fsp3) is 0.273. The number of carbonyl (C=O) groups excluding carboxylic acids is 1. The van der Waals surface area contributed by atoms with Gasteiger partial charge in [0, 0.05) is 6.04 Å². The van der Waals surface area contributed by atoms with Gasteiger partial charge in [0.1, 0.15) is 5.52 Å². The average Bonchev–Trinajstić information content (AvgIpc) is 2.93. The Morgan fingerprint density at radius 1 is 1.47 bits per heavy atom. The summed E-state index contributed by atoms with van der Waals surface area (Å²) in [4.78, 5) is 19.0. The highest BCUT2D eigenvalue weighted by atomic mass is 16.1. The number of nitrogens with one attached hydrogen (secondary N) is 2. The molecule has 0 atom stereocenters. The number of para-hydroxylation sites is 1. The van der Waals surface area contributed by atoms with Crippen LogP contribution in [-0.2, 0) is 0 Å². The normalized spacial score (nSPS) is 15.5. The summed E-state index contributed by atoms with van der Waals surface area (Å²) in [6, 6.07) is 5.96. The van der Waals surface area contributed by atoms with Crippen LogP contribution in [0, 0.1) is 0 Å². The van der Waals surface area contributed by atoms with E-state index < -0.39 is 0 Å². The second-order valence-electron chi connectivity index (χ2n) is 3.85. The SMILES string of the molecule is O=C(NC1CC1)c1cccc2[nH]cnc12. The topological polar surface area (TPSA) is 57.8 Å². The van der Waals surface area contributed by atoms with E-state index in [4.69, 9.17) is 0 Å². The molecule has 1 amide bonds. The molecular formula is C11H11N3O. The van der Waals surface area contributed by atoms with Crippen LogP contribution >= 0.6 is 0 Å². The van der Waals surface area contributed by atoms with Crippen molar-refractivity contribution in [3.8, 4) is 0 Å². The molecule has 0 aliphatic heterocycles. The van der Waals surface area contributed by atoms with Crippen LogP contribution in [0.5, 0.6) is 0 Å². The first-order valence-corrected chi connectivity index (χ1v) is 5.07. The Morgan fingerprint density at radius 3 is 3.13 bits per heavy atom. The van der Waals surface area contributed by atoms with E-state index in [2.05, 4.69) is 15.3 Å². The van der Waals surface area contributed by atoms with Crippen LogP contribution in [0.3, 0.4) is 0 Å². The Labute approximate surface area is 86.7 Å². The van der Waals surface area contributed by atoms with E-state index in [1.807, 2.05) is 12.1 Å². The highest BCUT2D eigenvalue weighted by Gasteiger charge is 2.24. The molecule has 1 aromatic carbocycles. The number of aromatic nitrogens is 2. The molecule has 2 aromatic rings. The van der Waals surface area contributed by atoms with Gasteiger partial charge in [0.15, 0.2) is 0 Å². The lowest BCUT2D eigenvalue weighted by molar-refractivity contribution is 0.0952. The van der Waals surface area contributed by atoms with Crippen molar-refractivity contribution in [3.63, 3.8) is 0 Å². The van der Waals surface area contributed by atoms with E-state index in [0.29, 0.717) is 11.6 Å². The summed E-state index contributed by atoms with van der Waals surface area (Å²) >= 11 is 0. The summed E-state index contributed by atoms with van der Waals surface area (Å²) in [5.74, 6) is -0.0183. The third kappa shape index (κ3) is 1.48. The number of carbonyl (C=O) groups is 1. The van der Waals surface area contributed by atoms with Crippen LogP contribution in [0.25, 0.3) is 11.0 Å². The predicted octanol–water partition coefficient (Wildman–Crippen LogP) is 1.46. The van der Waals surface area contributed by atoms with Crippen LogP contribution in [0.4, 0.5) is 0 Å². The Kier molecular flexibility index (Phi) is 1.74. The molecule has 76 valence electrons. The third-order valence-electron chi connectivity index (χ3n) is 2.61. The molecule has 0 unspecified atom stereocenters. The summed E-state index contributed by atoms with van der Waals surface area (Å²) in [7, 11) is 0. The van der Waals surface area contributed by atoms with Gasteiger partial charge in [-0.2, -0.15) is 0 Å². The second kappa shape index (κ2) is 3.08. The van der Waals surface area contributed by atoms with E-state index in [1.165, 1.54) is 0 Å². The standard InChI is InChI=1S/C11H11N3O/c15-11(14-7-4-5-7)8-2-1-3-9-10(8)13-6-12-9/h1-3,6-7H,4-5H2,(H,12,13)(H,14,15). The maximum absolute atomic E-state index is 11.8. The molecule has 1 aliphatic rings. The number of benzene rings is 1. The van der Waals surface area contributed by atoms with Crippen molar-refractivity contribution in [3.05, 3.63) is 30.1 Å². The van der Waals surface area contributed by atoms with Crippen LogP contribution in [-0.4, -0.2) is 21.9 Å². The van der Waals surface area contributed by atoms with E-state index in [9.17, 15) is 4.79 Å². The maximum Gasteiger partial charge on any atom is 0.253 e. The Morgan fingerprint density at radius 2 is 2.33 bits per heavy atom. The van der Waals surface area contributed by atoms with Crippen LogP contribution < -0.4 is 5.32 Å². The predicted molar refractivity (Wildman–Crippen MR) is 56.6 cm³/mol. The van der Waals surface area contributed by atoms with Crippen molar-refractivity contribution >= 4 is 16.9 Å². The van der Waals surface area contributed by atoms with Crippen molar-refractivity contribution in [2.75, 3.05) is 0 Å². The molecule has 4 nitrogen and oxygen atoms in total. The van der Waals surface area contributed by atoms with Crippen molar-refractivity contribution in [1.82, 2.24) is 15.3 Å². The lowest BCUT2D eigenvalue weighted by Crippen LogP contribution is -2.25. The van der Waals surface area contributed by atoms with Gasteiger partial charge in [-0.1, -0.05) is 6.07 Å². The molecule has 0 saturated heterocycles. The highest BCUT2D eigenvalue weighted by Crippen LogP contribution is 2.21. The summed E-state index contributed by atoms with van der Waals surface area (Å²) < 4.78 is 0. The monoisotopic (exact) mass is 201 g/mol. The Hall–Kier alpha value is -1.84. The lowest BCUT2D eigenvalue weighted by Gasteiger charge is -2.03. The number of aromatic amines is 1. The number of hydrogen-bond acceptors (Lipinski definition) is 2. The third-order valence-corrected chi connectivity index (χ3v) is 2.61. The summed E-state index contributed by atoms with van der Waals surface area (Å²) in [5, 5.41) is 2.96. The van der Waals surface area contributed by atoms with E-state index in [1.54, 1.807) is 12.4 Å². The summed E-state index contributed by atoms with van der Waals surface area (Å²) in [6.07, 6.45) is 3.81. The number of H-pyrrole nitrogens is 1. The van der Waals surface area contributed by atoms with Gasteiger partial charge >= 0.3 is 0 Å². The van der Waals surface area contributed by atoms with Crippen molar-refractivity contribution in [2.24, 2.45) is 0 Å². The van der Waals surface area contributed by atoms with Crippen LogP contribution in [0.2, 0.25) is 0 Å². The molecule has 15 heavy (non-hydrogen) atoms. The molecule has 4 heteroatoms. The molecule has 1 saturated carbocycles. The molecule has 0 spiro atoms. The molecule has 1 aliphatic carbocycles. The molecule has 0 radical (unpaired) electrons. The van der Waals surface area contributed by atoms with Gasteiger partial charge in [-0.15, -0.1) is 0 Å². The van der Waals surface area contributed by atoms with Gasteiger partial charge in [0.05, 0.1) is 17.4 Å². The second-order valence-corrected chi connectivity index (χ2v) is 3.85. The minimum absolute atomic E-state index is 0.0183. The first-order chi connectivity index (χ1) is 7.34. The molecule has 0 bridgehead atoms. The van der Waals surface area contributed by atoms with Crippen molar-refractivity contribution in [1.29, 1.82) is 0 Å². The average molecular weight is 201 g/mol. The highest BCUT2D eigenvalue weighted by molar-refractivity contribution is 6.04. The molecule has 1 fully saturated rings. The number of amides is 1. The number of fused-ring (bicyclic) bond motifs is 1. The molecule has 2 N–H and O–H groups in total. The number of hydrogen-bond donors (Lipinski definition) is 2. The number of nitrogens with zero attached hydrogens (tertiary/aromatic N) is 1. The molecular weight excluding hydrogens is 190 g/mol.